The summed E-state index contributed by atoms with van der Waals surface area (Å²) in [5.41, 5.74) is 0.964. The van der Waals surface area contributed by atoms with Gasteiger partial charge in [-0.15, -0.1) is 0 Å². The van der Waals surface area contributed by atoms with E-state index in [0.717, 1.165) is 0 Å². The Kier molecular flexibility index (Phi) is 11.4. The maximum absolute atomic E-state index is 13.8. The van der Waals surface area contributed by atoms with Crippen molar-refractivity contribution in [2.75, 3.05) is 13.2 Å². The van der Waals surface area contributed by atoms with E-state index < -0.39 is 78.3 Å². The fraction of sp³-hybridized carbons (Fsp3) is 0.515. The number of carbonyl (C=O) groups is 6. The Hall–Kier alpha value is -4.72. The quantitative estimate of drug-likeness (QED) is 0.257. The minimum atomic E-state index is -1.44. The van der Waals surface area contributed by atoms with E-state index in [0.29, 0.717) is 22.6 Å². The van der Waals surface area contributed by atoms with Gasteiger partial charge in [-0.1, -0.05) is 44.2 Å². The van der Waals surface area contributed by atoms with Crippen molar-refractivity contribution in [2.45, 2.75) is 90.1 Å². The highest BCUT2D eigenvalue weighted by molar-refractivity contribution is 5.98. The maximum atomic E-state index is 13.8. The molecule has 0 radical (unpaired) electrons. The smallest absolute Gasteiger partial charge is 0.255 e. The molecule has 0 saturated carbocycles. The third kappa shape index (κ3) is 8.76. The third-order valence-electron chi connectivity index (χ3n) is 8.32. The third-order valence-corrected chi connectivity index (χ3v) is 8.32. The summed E-state index contributed by atoms with van der Waals surface area (Å²) in [6.07, 6.45) is 0.0471. The summed E-state index contributed by atoms with van der Waals surface area (Å²) in [6.45, 7) is 7.70. The van der Waals surface area contributed by atoms with E-state index in [4.69, 9.17) is 4.42 Å². The number of hydrogen-bond acceptors (Lipinski definition) is 8. The summed E-state index contributed by atoms with van der Waals surface area (Å²) in [4.78, 5) is 81.9. The van der Waals surface area contributed by atoms with Gasteiger partial charge in [-0.05, 0) is 51.2 Å². The molecule has 0 aliphatic carbocycles. The molecule has 0 unspecified atom stereocenters. The van der Waals surface area contributed by atoms with Gasteiger partial charge in [0.25, 0.3) is 5.91 Å². The first-order chi connectivity index (χ1) is 22.3. The zero-order valence-corrected chi connectivity index (χ0v) is 27.3. The van der Waals surface area contributed by atoms with Crippen LogP contribution in [0.4, 0.5) is 0 Å². The standard InChI is InChI=1S/C33H44N6O8/c1-17(2)11-25-31(44)38-26(16-40)33(46)39-15-22(35-30(43)23-12-18(3)47-20(23)5)13-27(39)32(45)34-19(4)29(42)37-24(14-28(41)36-25)21-9-7-6-8-10-21/h6-10,12,17,19,22,24-27,40H,11,13-16H2,1-5H3,(H,34,45)(H,35,43)(H,36,41)(H,37,42)(H,38,44)/t19-,22-,24+,25-,26+,27-/m0/s1. The van der Waals surface area contributed by atoms with Crippen molar-refractivity contribution in [1.82, 2.24) is 31.5 Å². The highest BCUT2D eigenvalue weighted by atomic mass is 16.3. The Labute approximate surface area is 273 Å². The highest BCUT2D eigenvalue weighted by Crippen LogP contribution is 2.23. The van der Waals surface area contributed by atoms with Crippen molar-refractivity contribution in [2.24, 2.45) is 5.92 Å². The summed E-state index contributed by atoms with van der Waals surface area (Å²) < 4.78 is 5.47. The van der Waals surface area contributed by atoms with E-state index in [9.17, 15) is 33.9 Å². The number of rotatable bonds is 6. The van der Waals surface area contributed by atoms with Crippen LogP contribution < -0.4 is 26.6 Å². The van der Waals surface area contributed by atoms with E-state index >= 15 is 0 Å². The van der Waals surface area contributed by atoms with Crippen LogP contribution in [0.3, 0.4) is 0 Å². The normalized spacial score (nSPS) is 26.3. The number of aryl methyl sites for hydroxylation is 2. The van der Waals surface area contributed by atoms with Crippen LogP contribution in [0.1, 0.15) is 73.5 Å². The second kappa shape index (κ2) is 15.2. The molecule has 2 fully saturated rings. The first-order valence-corrected chi connectivity index (χ1v) is 15.8. The maximum Gasteiger partial charge on any atom is 0.255 e. The number of aliphatic hydroxyl groups is 1. The second-order valence-corrected chi connectivity index (χ2v) is 12.6. The van der Waals surface area contributed by atoms with Gasteiger partial charge in [-0.2, -0.15) is 0 Å². The zero-order chi connectivity index (χ0) is 34.4. The molecule has 2 aromatic rings. The summed E-state index contributed by atoms with van der Waals surface area (Å²) >= 11 is 0. The largest absolute Gasteiger partial charge is 0.466 e. The number of amides is 6. The minimum Gasteiger partial charge on any atom is -0.466 e. The van der Waals surface area contributed by atoms with Crippen LogP contribution in [-0.4, -0.2) is 88.8 Å². The van der Waals surface area contributed by atoms with Crippen molar-refractivity contribution >= 4 is 35.4 Å². The summed E-state index contributed by atoms with van der Waals surface area (Å²) in [6, 6.07) is 4.30. The van der Waals surface area contributed by atoms with Crippen molar-refractivity contribution < 1.29 is 38.3 Å². The lowest BCUT2D eigenvalue weighted by molar-refractivity contribution is -0.143. The molecule has 2 aliphatic heterocycles. The average molecular weight is 653 g/mol. The van der Waals surface area contributed by atoms with Gasteiger partial charge in [-0.3, -0.25) is 28.8 Å². The topological polar surface area (TPSA) is 199 Å². The fourth-order valence-electron chi connectivity index (χ4n) is 5.96. The van der Waals surface area contributed by atoms with E-state index in [1.165, 1.54) is 11.8 Å². The predicted molar refractivity (Wildman–Crippen MR) is 170 cm³/mol. The van der Waals surface area contributed by atoms with Gasteiger partial charge in [0.15, 0.2) is 0 Å². The predicted octanol–water partition coefficient (Wildman–Crippen LogP) is 0.370. The van der Waals surface area contributed by atoms with Crippen LogP contribution in [0.25, 0.3) is 0 Å². The lowest BCUT2D eigenvalue weighted by atomic mass is 10.00. The molecule has 2 saturated heterocycles. The molecule has 2 aliphatic rings. The van der Waals surface area contributed by atoms with E-state index in [-0.39, 0.29) is 31.7 Å². The molecular weight excluding hydrogens is 608 g/mol. The number of nitrogens with zero attached hydrogens (tertiary/aromatic N) is 1. The van der Waals surface area contributed by atoms with Crippen molar-refractivity contribution in [3.8, 4) is 0 Å². The molecule has 6 N–H and O–H groups in total. The van der Waals surface area contributed by atoms with E-state index in [2.05, 4.69) is 26.6 Å². The summed E-state index contributed by atoms with van der Waals surface area (Å²) in [7, 11) is 0. The number of nitrogens with one attached hydrogen (secondary N) is 5. The number of benzene rings is 1. The zero-order valence-electron chi connectivity index (χ0n) is 27.3. The summed E-state index contributed by atoms with van der Waals surface area (Å²) in [5, 5.41) is 23.8. The number of aliphatic hydroxyl groups excluding tert-OH is 1. The first kappa shape index (κ1) is 35.1. The Morgan fingerprint density at radius 2 is 1.68 bits per heavy atom. The van der Waals surface area contributed by atoms with Gasteiger partial charge >= 0.3 is 0 Å². The molecule has 47 heavy (non-hydrogen) atoms. The number of fused-ring (bicyclic) bond motifs is 1. The van der Waals surface area contributed by atoms with Crippen molar-refractivity contribution in [3.63, 3.8) is 0 Å². The molecule has 14 nitrogen and oxygen atoms in total. The van der Waals surface area contributed by atoms with Crippen LogP contribution in [0.5, 0.6) is 0 Å². The first-order valence-electron chi connectivity index (χ1n) is 15.8. The molecule has 1 aromatic carbocycles. The van der Waals surface area contributed by atoms with Crippen LogP contribution in [0.15, 0.2) is 40.8 Å². The molecule has 6 amide bonds. The Morgan fingerprint density at radius 3 is 2.30 bits per heavy atom. The van der Waals surface area contributed by atoms with Gasteiger partial charge in [0, 0.05) is 12.6 Å². The Morgan fingerprint density at radius 1 is 0.979 bits per heavy atom. The molecule has 0 bridgehead atoms. The summed E-state index contributed by atoms with van der Waals surface area (Å²) in [5.74, 6) is -2.69. The molecule has 1 aromatic heterocycles. The van der Waals surface area contributed by atoms with Gasteiger partial charge in [0.2, 0.25) is 29.5 Å². The van der Waals surface area contributed by atoms with Gasteiger partial charge in [0.1, 0.15) is 35.7 Å². The number of furan rings is 1. The van der Waals surface area contributed by atoms with Crippen molar-refractivity contribution in [3.05, 3.63) is 59.0 Å². The van der Waals surface area contributed by atoms with Crippen LogP contribution in [0.2, 0.25) is 0 Å². The van der Waals surface area contributed by atoms with Gasteiger partial charge in [-0.25, -0.2) is 0 Å². The molecule has 3 heterocycles. The molecule has 0 spiro atoms. The molecule has 14 heteroatoms. The molecule has 6 atom stereocenters. The van der Waals surface area contributed by atoms with Gasteiger partial charge < -0.3 is 41.0 Å². The van der Waals surface area contributed by atoms with Crippen molar-refractivity contribution in [1.29, 1.82) is 0 Å². The molecule has 254 valence electrons. The average Bonchev–Trinajstić information content (AvgIpc) is 3.60. The number of carbonyl (C=O) groups excluding carboxylic acids is 6. The van der Waals surface area contributed by atoms with Crippen LogP contribution in [-0.2, 0) is 24.0 Å². The Balaban J connectivity index is 1.66. The SMILES string of the molecule is Cc1cc(C(=O)N[C@H]2C[C@H]3C(=O)N[C@@H](C)C(=O)N[C@@H](c4ccccc4)CC(=O)N[C@@H](CC(C)C)C(=O)N[C@H](CO)C(=O)N3C2)c(C)o1. The fourth-order valence-corrected chi connectivity index (χ4v) is 5.96. The van der Waals surface area contributed by atoms with Gasteiger partial charge in [0.05, 0.1) is 24.6 Å². The van der Waals surface area contributed by atoms with E-state index in [1.54, 1.807) is 50.2 Å². The number of hydrogen-bond donors (Lipinski definition) is 6. The van der Waals surface area contributed by atoms with Crippen LogP contribution >= 0.6 is 0 Å². The molecular formula is C33H44N6O8. The monoisotopic (exact) mass is 652 g/mol. The highest BCUT2D eigenvalue weighted by Gasteiger charge is 2.44. The van der Waals surface area contributed by atoms with Crippen LogP contribution in [0, 0.1) is 19.8 Å². The lowest BCUT2D eigenvalue weighted by Gasteiger charge is -2.30. The lowest BCUT2D eigenvalue weighted by Crippen LogP contribution is -2.59. The Bertz CT molecular complexity index is 1490. The minimum absolute atomic E-state index is 0.0122. The van der Waals surface area contributed by atoms with E-state index in [1.807, 2.05) is 13.8 Å². The second-order valence-electron chi connectivity index (χ2n) is 12.6. The molecule has 4 rings (SSSR count).